The minimum absolute atomic E-state index is 0.183. The van der Waals surface area contributed by atoms with Crippen LogP contribution >= 0.6 is 0 Å². The van der Waals surface area contributed by atoms with Crippen LogP contribution in [-0.4, -0.2) is 73.9 Å². The van der Waals surface area contributed by atoms with E-state index in [4.69, 9.17) is 9.47 Å². The molecule has 2 heterocycles. The predicted octanol–water partition coefficient (Wildman–Crippen LogP) is 0.175. The van der Waals surface area contributed by atoms with Crippen LogP contribution in [0.3, 0.4) is 0 Å². The average molecular weight is 388 g/mol. The summed E-state index contributed by atoms with van der Waals surface area (Å²) in [5, 5.41) is 2.74. The second-order valence-electron chi connectivity index (χ2n) is 6.52. The third-order valence-electron chi connectivity index (χ3n) is 4.86. The van der Waals surface area contributed by atoms with Gasteiger partial charge in [0.05, 0.1) is 13.7 Å². The van der Waals surface area contributed by atoms with Gasteiger partial charge in [-0.15, -0.1) is 0 Å². The molecule has 9 nitrogen and oxygen atoms in total. The number of piperazine rings is 1. The Morgan fingerprint density at radius 1 is 1.25 bits per heavy atom. The van der Waals surface area contributed by atoms with Crippen LogP contribution in [0.15, 0.2) is 29.3 Å². The number of ether oxygens (including phenoxy) is 2. The number of nitrogens with one attached hydrogen (secondary N) is 1. The van der Waals surface area contributed by atoms with Gasteiger partial charge in [-0.2, -0.15) is 0 Å². The quantitative estimate of drug-likeness (QED) is 0.439. The van der Waals surface area contributed by atoms with Crippen LogP contribution in [0.4, 0.5) is 0 Å². The third-order valence-corrected chi connectivity index (χ3v) is 4.86. The molecule has 1 fully saturated rings. The van der Waals surface area contributed by atoms with E-state index in [-0.39, 0.29) is 6.61 Å². The highest BCUT2D eigenvalue weighted by atomic mass is 16.5. The summed E-state index contributed by atoms with van der Waals surface area (Å²) in [5.41, 5.74) is 0.720. The highest BCUT2D eigenvalue weighted by Gasteiger charge is 2.42. The molecule has 1 aromatic carbocycles. The van der Waals surface area contributed by atoms with E-state index in [1.54, 1.807) is 43.2 Å². The van der Waals surface area contributed by atoms with Gasteiger partial charge < -0.3 is 19.3 Å². The van der Waals surface area contributed by atoms with Crippen LogP contribution in [0.2, 0.25) is 0 Å². The summed E-state index contributed by atoms with van der Waals surface area (Å²) in [7, 11) is 1.57. The van der Waals surface area contributed by atoms with E-state index in [1.807, 2.05) is 4.90 Å². The Morgan fingerprint density at radius 2 is 1.93 bits per heavy atom. The molecule has 2 atom stereocenters. The zero-order chi connectivity index (χ0) is 20.1. The van der Waals surface area contributed by atoms with Gasteiger partial charge in [-0.1, -0.05) is 12.1 Å². The summed E-state index contributed by atoms with van der Waals surface area (Å²) >= 11 is 0. The molecule has 2 amide bonds. The summed E-state index contributed by atoms with van der Waals surface area (Å²) < 4.78 is 10.3. The second kappa shape index (κ2) is 8.73. The highest BCUT2D eigenvalue weighted by Crippen LogP contribution is 2.32. The van der Waals surface area contributed by atoms with Gasteiger partial charge in [0, 0.05) is 26.2 Å². The van der Waals surface area contributed by atoms with Crippen molar-refractivity contribution in [1.29, 1.82) is 0 Å². The zero-order valence-corrected chi connectivity index (χ0v) is 16.0. The van der Waals surface area contributed by atoms with Crippen molar-refractivity contribution in [2.24, 2.45) is 10.9 Å². The summed E-state index contributed by atoms with van der Waals surface area (Å²) in [4.78, 5) is 44.4. The lowest BCUT2D eigenvalue weighted by Crippen LogP contribution is -2.57. The lowest BCUT2D eigenvalue weighted by Gasteiger charge is -2.37. The van der Waals surface area contributed by atoms with Crippen LogP contribution in [-0.2, 0) is 19.1 Å². The van der Waals surface area contributed by atoms with E-state index >= 15 is 0 Å². The molecule has 9 heteroatoms. The first-order valence-corrected chi connectivity index (χ1v) is 9.21. The van der Waals surface area contributed by atoms with Gasteiger partial charge in [-0.05, 0) is 24.6 Å². The summed E-state index contributed by atoms with van der Waals surface area (Å²) in [6.45, 7) is 4.08. The maximum Gasteiger partial charge on any atom is 0.321 e. The summed E-state index contributed by atoms with van der Waals surface area (Å²) in [6, 6.07) is 6.42. The molecule has 1 aromatic rings. The van der Waals surface area contributed by atoms with E-state index in [0.717, 1.165) is 12.0 Å². The number of esters is 1. The number of nitrogens with zero attached hydrogens (tertiary/aromatic N) is 3. The topological polar surface area (TPSA) is 101 Å². The average Bonchev–Trinajstić information content (AvgIpc) is 2.73. The Bertz CT molecular complexity index is 756. The number of benzene rings is 1. The first-order valence-electron chi connectivity index (χ1n) is 9.21. The lowest BCUT2D eigenvalue weighted by molar-refractivity contribution is -0.153. The van der Waals surface area contributed by atoms with Gasteiger partial charge in [0.15, 0.2) is 5.92 Å². The fourth-order valence-electron chi connectivity index (χ4n) is 3.31. The van der Waals surface area contributed by atoms with Crippen LogP contribution in [0.5, 0.6) is 5.75 Å². The fourth-order valence-corrected chi connectivity index (χ4v) is 3.31. The van der Waals surface area contributed by atoms with Crippen LogP contribution in [0.25, 0.3) is 0 Å². The first kappa shape index (κ1) is 19.7. The number of carbonyl (C=O) groups excluding carboxylic acids is 3. The Hall–Kier alpha value is -3.10. The molecule has 1 saturated heterocycles. The third kappa shape index (κ3) is 4.08. The number of hydrogen-bond acceptors (Lipinski definition) is 7. The van der Waals surface area contributed by atoms with E-state index < -0.39 is 23.8 Å². The van der Waals surface area contributed by atoms with Crippen molar-refractivity contribution >= 4 is 24.2 Å². The number of carbonyl (C=O) groups is 3. The molecule has 0 bridgehead atoms. The molecule has 2 aliphatic rings. The van der Waals surface area contributed by atoms with Crippen LogP contribution in [0.1, 0.15) is 18.5 Å². The maximum absolute atomic E-state index is 12.8. The SMILES string of the molecule is CCOC(=O)C1C(=O)NC(N2CCN(C=O)CC2)=NC1c1ccc(OC)cc1. The van der Waals surface area contributed by atoms with Gasteiger partial charge in [0.1, 0.15) is 11.8 Å². The Morgan fingerprint density at radius 3 is 2.50 bits per heavy atom. The number of amides is 2. The second-order valence-corrected chi connectivity index (χ2v) is 6.52. The molecule has 150 valence electrons. The molecule has 28 heavy (non-hydrogen) atoms. The minimum Gasteiger partial charge on any atom is -0.497 e. The van der Waals surface area contributed by atoms with Crippen molar-refractivity contribution in [2.45, 2.75) is 13.0 Å². The van der Waals surface area contributed by atoms with Crippen molar-refractivity contribution in [3.05, 3.63) is 29.8 Å². The number of methoxy groups -OCH3 is 1. The molecular weight excluding hydrogens is 364 g/mol. The van der Waals surface area contributed by atoms with E-state index in [9.17, 15) is 14.4 Å². The van der Waals surface area contributed by atoms with Crippen LogP contribution in [0, 0.1) is 5.92 Å². The van der Waals surface area contributed by atoms with Crippen molar-refractivity contribution < 1.29 is 23.9 Å². The standard InChI is InChI=1S/C19H24N4O5/c1-3-28-18(26)15-16(13-4-6-14(27-2)7-5-13)20-19(21-17(15)25)23-10-8-22(12-24)9-11-23/h4-7,12,15-16H,3,8-11H2,1-2H3,(H,20,21,25). The van der Waals surface area contributed by atoms with Gasteiger partial charge in [0.25, 0.3) is 0 Å². The summed E-state index contributed by atoms with van der Waals surface area (Å²) in [6.07, 6.45) is 0.815. The van der Waals surface area contributed by atoms with Crippen molar-refractivity contribution in [3.8, 4) is 5.75 Å². The van der Waals surface area contributed by atoms with E-state index in [1.165, 1.54) is 0 Å². The summed E-state index contributed by atoms with van der Waals surface area (Å²) in [5.74, 6) is -1.02. The number of hydrogen-bond donors (Lipinski definition) is 1. The van der Waals surface area contributed by atoms with Crippen molar-refractivity contribution in [1.82, 2.24) is 15.1 Å². The largest absolute Gasteiger partial charge is 0.497 e. The predicted molar refractivity (Wildman–Crippen MR) is 101 cm³/mol. The first-order chi connectivity index (χ1) is 13.6. The van der Waals surface area contributed by atoms with Crippen molar-refractivity contribution in [3.63, 3.8) is 0 Å². The van der Waals surface area contributed by atoms with Gasteiger partial charge in [0.2, 0.25) is 18.3 Å². The Kier molecular flexibility index (Phi) is 6.13. The molecular formula is C19H24N4O5. The molecule has 0 aliphatic carbocycles. The minimum atomic E-state index is -1.06. The number of rotatable bonds is 5. The maximum atomic E-state index is 12.8. The zero-order valence-electron chi connectivity index (χ0n) is 16.0. The van der Waals surface area contributed by atoms with Gasteiger partial charge in [-0.3, -0.25) is 19.7 Å². The molecule has 0 saturated carbocycles. The lowest BCUT2D eigenvalue weighted by atomic mass is 9.91. The molecule has 3 rings (SSSR count). The monoisotopic (exact) mass is 388 g/mol. The highest BCUT2D eigenvalue weighted by molar-refractivity contribution is 6.08. The van der Waals surface area contributed by atoms with Crippen LogP contribution < -0.4 is 10.1 Å². The van der Waals surface area contributed by atoms with E-state index in [0.29, 0.717) is 37.9 Å². The number of guanidine groups is 1. The molecule has 1 N–H and O–H groups in total. The molecule has 2 aliphatic heterocycles. The Labute approximate surface area is 163 Å². The van der Waals surface area contributed by atoms with E-state index in [2.05, 4.69) is 10.3 Å². The molecule has 0 spiro atoms. The number of aliphatic imine (C=N–C) groups is 1. The molecule has 0 radical (unpaired) electrons. The van der Waals surface area contributed by atoms with Crippen molar-refractivity contribution in [2.75, 3.05) is 39.9 Å². The normalized spacial score (nSPS) is 22.2. The fraction of sp³-hybridized carbons (Fsp3) is 0.474. The molecule has 0 aromatic heterocycles. The van der Waals surface area contributed by atoms with Gasteiger partial charge >= 0.3 is 5.97 Å². The Balaban J connectivity index is 1.91. The van der Waals surface area contributed by atoms with Gasteiger partial charge in [-0.25, -0.2) is 4.99 Å². The smallest absolute Gasteiger partial charge is 0.321 e. The molecule has 2 unspecified atom stereocenters.